The van der Waals surface area contributed by atoms with Gasteiger partial charge in [-0.1, -0.05) is 11.6 Å². The predicted molar refractivity (Wildman–Crippen MR) is 151 cm³/mol. The van der Waals surface area contributed by atoms with Gasteiger partial charge >= 0.3 is 0 Å². The van der Waals surface area contributed by atoms with Crippen LogP contribution in [-0.2, 0) is 33.5 Å². The van der Waals surface area contributed by atoms with Crippen molar-refractivity contribution in [3.63, 3.8) is 0 Å². The first-order chi connectivity index (χ1) is 20.1. The first-order valence-electron chi connectivity index (χ1n) is 13.8. The van der Waals surface area contributed by atoms with Crippen molar-refractivity contribution in [2.45, 2.75) is 50.6 Å². The van der Waals surface area contributed by atoms with Gasteiger partial charge in [0.15, 0.2) is 0 Å². The summed E-state index contributed by atoms with van der Waals surface area (Å²) in [7, 11) is -1.13. The van der Waals surface area contributed by atoms with Gasteiger partial charge in [0.05, 0.1) is 21.6 Å². The Morgan fingerprint density at radius 3 is 2.35 bits per heavy atom. The molecule has 230 valence electrons. The minimum Gasteiger partial charge on any atom is -0.340 e. The van der Waals surface area contributed by atoms with Gasteiger partial charge in [-0.2, -0.15) is 0 Å². The second-order valence-electron chi connectivity index (χ2n) is 12.1. The molecule has 10 nitrogen and oxygen atoms in total. The van der Waals surface area contributed by atoms with Crippen LogP contribution < -0.4 is 10.6 Å². The lowest BCUT2D eigenvalue weighted by Crippen LogP contribution is -2.78. The second-order valence-corrected chi connectivity index (χ2v) is 13.9. The number of anilines is 1. The van der Waals surface area contributed by atoms with Gasteiger partial charge in [0.1, 0.15) is 17.1 Å². The summed E-state index contributed by atoms with van der Waals surface area (Å²) < 4.78 is 56.9. The summed E-state index contributed by atoms with van der Waals surface area (Å²) >= 11 is 5.82. The largest absolute Gasteiger partial charge is 0.340 e. The molecule has 6 rings (SSSR count). The van der Waals surface area contributed by atoms with Gasteiger partial charge < -0.3 is 20.1 Å². The first-order valence-corrected chi connectivity index (χ1v) is 15.6. The molecular formula is C28H29ClF3N5O5S. The molecule has 2 aromatic rings. The van der Waals surface area contributed by atoms with Crippen LogP contribution in [0, 0.1) is 18.2 Å². The van der Waals surface area contributed by atoms with Crippen LogP contribution in [0.3, 0.4) is 0 Å². The molecule has 1 aromatic carbocycles. The van der Waals surface area contributed by atoms with E-state index in [-0.39, 0.29) is 32.9 Å². The van der Waals surface area contributed by atoms with Crippen molar-refractivity contribution in [2.75, 3.05) is 37.8 Å². The van der Waals surface area contributed by atoms with Crippen molar-refractivity contribution in [3.8, 4) is 0 Å². The van der Waals surface area contributed by atoms with E-state index in [0.29, 0.717) is 51.3 Å². The van der Waals surface area contributed by atoms with Crippen molar-refractivity contribution in [1.82, 2.24) is 19.1 Å². The summed E-state index contributed by atoms with van der Waals surface area (Å²) in [5, 5.41) is 4.80. The summed E-state index contributed by atoms with van der Waals surface area (Å²) in [6.07, 6.45) is 0.725. The number of nitrogens with zero attached hydrogens (tertiary/aromatic N) is 3. The fourth-order valence-corrected chi connectivity index (χ4v) is 7.97. The molecule has 3 amide bonds. The highest BCUT2D eigenvalue weighted by Crippen LogP contribution is 2.49. The van der Waals surface area contributed by atoms with Crippen LogP contribution in [0.2, 0.25) is 5.02 Å². The number of halogens is 4. The number of nitrogens with one attached hydrogen (secondary N) is 2. The number of amides is 3. The van der Waals surface area contributed by atoms with Gasteiger partial charge in [0.2, 0.25) is 5.91 Å². The standard InChI is InChI=1S/C28H29ClF3N5O5S/c1-15-20(19-4-3-7-37(19)21(15)23(39)33-16-5-6-18(30)17(29)8-16)22(38)24(40)34-27(9-28(31,32)10-27)25(41)35-11-26(12-35)13-36(14-26)43(2)42/h5-6,8H,3-4,7,9-14H2,1-2H3,(H,33,39)(H,34,40). The highest BCUT2D eigenvalue weighted by Gasteiger charge is 2.65. The lowest BCUT2D eigenvalue weighted by Gasteiger charge is -2.61. The van der Waals surface area contributed by atoms with E-state index in [0.717, 1.165) is 6.07 Å². The maximum absolute atomic E-state index is 14.2. The maximum atomic E-state index is 14.2. The molecule has 1 unspecified atom stereocenters. The number of Topliss-reactive ketones (excluding diaryl/α,β-unsaturated/α-hetero) is 1. The summed E-state index contributed by atoms with van der Waals surface area (Å²) in [4.78, 5) is 55.0. The molecule has 2 saturated heterocycles. The molecule has 1 spiro atoms. The number of fused-ring (bicyclic) bond motifs is 1. The number of likely N-dealkylation sites (tertiary alicyclic amines) is 1. The van der Waals surface area contributed by atoms with Crippen LogP contribution in [0.15, 0.2) is 18.2 Å². The van der Waals surface area contributed by atoms with Crippen LogP contribution in [-0.4, -0.2) is 85.4 Å². The van der Waals surface area contributed by atoms with Gasteiger partial charge in [-0.15, -0.1) is 0 Å². The monoisotopic (exact) mass is 639 g/mol. The zero-order valence-electron chi connectivity index (χ0n) is 23.4. The van der Waals surface area contributed by atoms with Crippen molar-refractivity contribution in [3.05, 3.63) is 51.6 Å². The number of carbonyl (C=O) groups is 4. The van der Waals surface area contributed by atoms with E-state index in [1.165, 1.54) is 24.0 Å². The van der Waals surface area contributed by atoms with E-state index in [4.69, 9.17) is 11.6 Å². The van der Waals surface area contributed by atoms with Gasteiger partial charge in [0, 0.05) is 68.6 Å². The molecule has 1 aromatic heterocycles. The molecule has 1 atom stereocenters. The smallest absolute Gasteiger partial charge is 0.293 e. The first kappa shape index (κ1) is 29.8. The zero-order valence-corrected chi connectivity index (χ0v) is 25.0. The number of benzene rings is 1. The average molecular weight is 640 g/mol. The van der Waals surface area contributed by atoms with Crippen LogP contribution in [0.1, 0.15) is 51.4 Å². The van der Waals surface area contributed by atoms with Crippen LogP contribution >= 0.6 is 11.6 Å². The molecule has 1 aliphatic carbocycles. The van der Waals surface area contributed by atoms with Gasteiger partial charge in [-0.05, 0) is 43.5 Å². The maximum Gasteiger partial charge on any atom is 0.293 e. The molecule has 43 heavy (non-hydrogen) atoms. The van der Waals surface area contributed by atoms with Crippen molar-refractivity contribution < 1.29 is 36.6 Å². The third kappa shape index (κ3) is 4.96. The molecule has 1 saturated carbocycles. The highest BCUT2D eigenvalue weighted by molar-refractivity contribution is 7.81. The van der Waals surface area contributed by atoms with E-state index < -0.39 is 64.6 Å². The summed E-state index contributed by atoms with van der Waals surface area (Å²) in [5.41, 5.74) is -1.11. The summed E-state index contributed by atoms with van der Waals surface area (Å²) in [6.45, 7) is 3.56. The molecule has 3 fully saturated rings. The minimum atomic E-state index is -3.18. The Kier molecular flexibility index (Phi) is 7.05. The lowest BCUT2D eigenvalue weighted by atomic mass is 9.68. The number of hydrogen-bond acceptors (Lipinski definition) is 5. The van der Waals surface area contributed by atoms with E-state index in [1.54, 1.807) is 15.1 Å². The van der Waals surface area contributed by atoms with Crippen molar-refractivity contribution in [1.29, 1.82) is 0 Å². The molecule has 0 radical (unpaired) electrons. The molecule has 4 aliphatic rings. The highest BCUT2D eigenvalue weighted by atomic mass is 35.5. The predicted octanol–water partition coefficient (Wildman–Crippen LogP) is 2.69. The van der Waals surface area contributed by atoms with E-state index in [9.17, 15) is 36.6 Å². The lowest BCUT2D eigenvalue weighted by molar-refractivity contribution is -0.186. The topological polar surface area (TPSA) is 121 Å². The summed E-state index contributed by atoms with van der Waals surface area (Å²) in [5.74, 6) is -7.32. The quantitative estimate of drug-likeness (QED) is 0.357. The van der Waals surface area contributed by atoms with Crippen molar-refractivity contribution >= 4 is 51.8 Å². The Morgan fingerprint density at radius 1 is 1.07 bits per heavy atom. The third-order valence-electron chi connectivity index (χ3n) is 8.85. The number of alkyl halides is 2. The van der Waals surface area contributed by atoms with Gasteiger partial charge in [-0.25, -0.2) is 21.7 Å². The Labute approximate surface area is 252 Å². The minimum absolute atomic E-state index is 0.00370. The molecule has 4 heterocycles. The van der Waals surface area contributed by atoms with Gasteiger partial charge in [-0.3, -0.25) is 19.2 Å². The second kappa shape index (κ2) is 10.2. The number of hydrogen-bond donors (Lipinski definition) is 2. The molecule has 2 N–H and O–H groups in total. The number of aromatic nitrogens is 1. The van der Waals surface area contributed by atoms with Crippen LogP contribution in [0.5, 0.6) is 0 Å². The van der Waals surface area contributed by atoms with Gasteiger partial charge in [0.25, 0.3) is 23.5 Å². The molecule has 3 aliphatic heterocycles. The summed E-state index contributed by atoms with van der Waals surface area (Å²) in [6, 6.07) is 3.67. The molecule has 0 bridgehead atoms. The normalized spacial score (nSPS) is 21.7. The number of rotatable bonds is 7. The number of carbonyl (C=O) groups excluding carboxylic acids is 4. The Hall–Kier alpha value is -3.23. The van der Waals surface area contributed by atoms with Crippen molar-refractivity contribution in [2.24, 2.45) is 5.41 Å². The fraction of sp³-hybridized carbons (Fsp3) is 0.500. The fourth-order valence-electron chi connectivity index (χ4n) is 6.88. The van der Waals surface area contributed by atoms with E-state index in [2.05, 4.69) is 10.6 Å². The average Bonchev–Trinajstić information content (AvgIpc) is 3.41. The van der Waals surface area contributed by atoms with Crippen LogP contribution in [0.4, 0.5) is 18.9 Å². The number of ketones is 1. The Balaban J connectivity index is 1.20. The third-order valence-corrected chi connectivity index (χ3v) is 10.1. The van der Waals surface area contributed by atoms with E-state index in [1.807, 2.05) is 0 Å². The molecule has 15 heteroatoms. The van der Waals surface area contributed by atoms with Crippen LogP contribution in [0.25, 0.3) is 0 Å². The Bertz CT molecular complexity index is 1610. The molecular weight excluding hydrogens is 611 g/mol. The Morgan fingerprint density at radius 2 is 1.74 bits per heavy atom. The SMILES string of the molecule is Cc1c(C(=O)C(=O)NC2(C(=O)N3CC4(C3)CN(S(C)=O)C4)CC(F)(F)C2)c2n(c1C(=O)Nc1ccc(F)c(Cl)c1)CCC2. The van der Waals surface area contributed by atoms with E-state index >= 15 is 0 Å². The zero-order chi connectivity index (χ0) is 31.1.